The molecule has 0 radical (unpaired) electrons. The minimum atomic E-state index is -0.274. The van der Waals surface area contributed by atoms with Crippen LogP contribution in [-0.4, -0.2) is 17.0 Å². The molecular weight excluding hydrogens is 306 g/mol. The van der Waals surface area contributed by atoms with Gasteiger partial charge in [-0.1, -0.05) is 38.1 Å². The third kappa shape index (κ3) is 4.44. The number of aryl methyl sites for hydroxylation is 1. The molecule has 6 heteroatoms. The van der Waals surface area contributed by atoms with Crippen LogP contribution in [0.3, 0.4) is 0 Å². The third-order valence-electron chi connectivity index (χ3n) is 3.88. The highest BCUT2D eigenvalue weighted by Crippen LogP contribution is 2.17. The van der Waals surface area contributed by atoms with E-state index in [1.54, 1.807) is 24.3 Å². The molecule has 1 unspecified atom stereocenters. The van der Waals surface area contributed by atoms with Gasteiger partial charge in [-0.25, -0.2) is 0 Å². The van der Waals surface area contributed by atoms with Crippen molar-refractivity contribution in [1.82, 2.24) is 10.5 Å². The van der Waals surface area contributed by atoms with Gasteiger partial charge in [0.1, 0.15) is 0 Å². The Labute approximate surface area is 141 Å². The number of hydrogen-bond acceptors (Lipinski definition) is 4. The molecule has 1 heterocycles. The van der Waals surface area contributed by atoms with Crippen molar-refractivity contribution >= 4 is 17.5 Å². The predicted molar refractivity (Wildman–Crippen MR) is 91.6 cm³/mol. The van der Waals surface area contributed by atoms with Crippen LogP contribution < -0.4 is 10.6 Å². The molecule has 0 aliphatic heterocycles. The number of nitrogens with one attached hydrogen (secondary N) is 2. The zero-order valence-electron chi connectivity index (χ0n) is 14.3. The summed E-state index contributed by atoms with van der Waals surface area (Å²) in [6, 6.07) is 8.76. The second-order valence-electron chi connectivity index (χ2n) is 5.66. The van der Waals surface area contributed by atoms with E-state index in [2.05, 4.69) is 15.8 Å². The summed E-state index contributed by atoms with van der Waals surface area (Å²) in [4.78, 5) is 24.5. The van der Waals surface area contributed by atoms with Crippen molar-refractivity contribution in [3.05, 3.63) is 47.3 Å². The molecule has 0 spiro atoms. The van der Waals surface area contributed by atoms with Crippen LogP contribution in [0, 0.1) is 5.92 Å². The van der Waals surface area contributed by atoms with E-state index in [9.17, 15) is 9.59 Å². The molecule has 0 aliphatic rings. The van der Waals surface area contributed by atoms with Gasteiger partial charge in [0.05, 0.1) is 23.5 Å². The maximum absolute atomic E-state index is 12.4. The second kappa shape index (κ2) is 8.29. The van der Waals surface area contributed by atoms with Gasteiger partial charge in [-0.15, -0.1) is 0 Å². The number of hydrogen-bond donors (Lipinski definition) is 2. The van der Waals surface area contributed by atoms with E-state index in [4.69, 9.17) is 4.52 Å². The van der Waals surface area contributed by atoms with E-state index in [1.807, 2.05) is 26.8 Å². The Hall–Kier alpha value is -2.63. The Balaban J connectivity index is 2.04. The lowest BCUT2D eigenvalue weighted by Gasteiger charge is -2.13. The van der Waals surface area contributed by atoms with Gasteiger partial charge in [0.25, 0.3) is 5.91 Å². The van der Waals surface area contributed by atoms with Crippen LogP contribution in [0.1, 0.15) is 49.0 Å². The SMILES string of the molecule is CCc1cc(CNC(=O)c2ccccc2NC(=O)C(C)CC)on1. The number of rotatable bonds is 7. The maximum atomic E-state index is 12.4. The lowest BCUT2D eigenvalue weighted by molar-refractivity contribution is -0.119. The molecule has 0 saturated carbocycles. The van der Waals surface area contributed by atoms with E-state index in [0.717, 1.165) is 18.5 Å². The highest BCUT2D eigenvalue weighted by Gasteiger charge is 2.16. The van der Waals surface area contributed by atoms with Gasteiger partial charge >= 0.3 is 0 Å². The molecule has 24 heavy (non-hydrogen) atoms. The van der Waals surface area contributed by atoms with Gasteiger partial charge in [-0.2, -0.15) is 0 Å². The fraction of sp³-hybridized carbons (Fsp3) is 0.389. The molecule has 0 saturated heterocycles. The van der Waals surface area contributed by atoms with Crippen molar-refractivity contribution in [2.45, 2.75) is 40.2 Å². The number of anilines is 1. The van der Waals surface area contributed by atoms with E-state index in [-0.39, 0.29) is 24.3 Å². The lowest BCUT2D eigenvalue weighted by atomic mass is 10.1. The molecule has 1 aromatic heterocycles. The summed E-state index contributed by atoms with van der Waals surface area (Å²) < 4.78 is 5.15. The third-order valence-corrected chi connectivity index (χ3v) is 3.88. The van der Waals surface area contributed by atoms with Crippen LogP contribution in [0.5, 0.6) is 0 Å². The number of aromatic nitrogens is 1. The number of para-hydroxylation sites is 1. The Morgan fingerprint density at radius 3 is 2.67 bits per heavy atom. The van der Waals surface area contributed by atoms with Gasteiger partial charge in [0.15, 0.2) is 5.76 Å². The molecule has 0 bridgehead atoms. The Bertz CT molecular complexity index is 709. The number of carbonyl (C=O) groups is 2. The first-order valence-corrected chi connectivity index (χ1v) is 8.17. The molecule has 1 aromatic carbocycles. The summed E-state index contributed by atoms with van der Waals surface area (Å²) >= 11 is 0. The van der Waals surface area contributed by atoms with Crippen molar-refractivity contribution in [3.63, 3.8) is 0 Å². The van der Waals surface area contributed by atoms with Crippen LogP contribution >= 0.6 is 0 Å². The first kappa shape index (κ1) is 17.7. The van der Waals surface area contributed by atoms with Gasteiger partial charge < -0.3 is 15.2 Å². The molecule has 0 aliphatic carbocycles. The highest BCUT2D eigenvalue weighted by molar-refractivity contribution is 6.04. The number of carbonyl (C=O) groups excluding carboxylic acids is 2. The van der Waals surface area contributed by atoms with Crippen molar-refractivity contribution < 1.29 is 14.1 Å². The zero-order chi connectivity index (χ0) is 17.5. The summed E-state index contributed by atoms with van der Waals surface area (Å²) in [6.45, 7) is 6.04. The molecule has 2 amide bonds. The van der Waals surface area contributed by atoms with Gasteiger partial charge in [-0.3, -0.25) is 9.59 Å². The van der Waals surface area contributed by atoms with E-state index < -0.39 is 0 Å². The molecule has 2 N–H and O–H groups in total. The lowest BCUT2D eigenvalue weighted by Crippen LogP contribution is -2.26. The quantitative estimate of drug-likeness (QED) is 0.817. The summed E-state index contributed by atoms with van der Waals surface area (Å²) in [6.07, 6.45) is 1.52. The molecule has 0 fully saturated rings. The second-order valence-corrected chi connectivity index (χ2v) is 5.66. The smallest absolute Gasteiger partial charge is 0.253 e. The molecule has 2 aromatic rings. The normalized spacial score (nSPS) is 11.8. The van der Waals surface area contributed by atoms with Crippen molar-refractivity contribution in [2.75, 3.05) is 5.32 Å². The first-order valence-electron chi connectivity index (χ1n) is 8.17. The van der Waals surface area contributed by atoms with Crippen molar-refractivity contribution in [1.29, 1.82) is 0 Å². The molecular formula is C18H23N3O3. The zero-order valence-corrected chi connectivity index (χ0v) is 14.3. The van der Waals surface area contributed by atoms with Gasteiger partial charge in [-0.05, 0) is 25.0 Å². The summed E-state index contributed by atoms with van der Waals surface area (Å²) in [5.74, 6) is 0.120. The molecule has 128 valence electrons. The largest absolute Gasteiger partial charge is 0.359 e. The summed E-state index contributed by atoms with van der Waals surface area (Å²) in [7, 11) is 0. The fourth-order valence-corrected chi connectivity index (χ4v) is 2.10. The van der Waals surface area contributed by atoms with Gasteiger partial charge in [0, 0.05) is 12.0 Å². The fourth-order valence-electron chi connectivity index (χ4n) is 2.10. The monoisotopic (exact) mass is 329 g/mol. The predicted octanol–water partition coefficient (Wildman–Crippen LogP) is 3.15. The van der Waals surface area contributed by atoms with E-state index in [0.29, 0.717) is 17.0 Å². The van der Waals surface area contributed by atoms with Crippen LogP contribution in [0.2, 0.25) is 0 Å². The van der Waals surface area contributed by atoms with Crippen LogP contribution in [0.15, 0.2) is 34.9 Å². The standard InChI is InChI=1S/C18H23N3O3/c1-4-12(3)17(22)20-16-9-7-6-8-15(16)18(23)19-11-14-10-13(5-2)21-24-14/h6-10,12H,4-5,11H2,1-3H3,(H,19,23)(H,20,22). The van der Waals surface area contributed by atoms with E-state index >= 15 is 0 Å². The number of nitrogens with zero attached hydrogens (tertiary/aromatic N) is 1. The average molecular weight is 329 g/mol. The summed E-state index contributed by atoms with van der Waals surface area (Å²) in [5, 5.41) is 9.49. The topological polar surface area (TPSA) is 84.2 Å². The minimum absolute atomic E-state index is 0.0967. The molecule has 1 atom stereocenters. The van der Waals surface area contributed by atoms with Crippen molar-refractivity contribution in [3.8, 4) is 0 Å². The van der Waals surface area contributed by atoms with Gasteiger partial charge in [0.2, 0.25) is 5.91 Å². The van der Waals surface area contributed by atoms with E-state index in [1.165, 1.54) is 0 Å². The van der Waals surface area contributed by atoms with Crippen molar-refractivity contribution in [2.24, 2.45) is 5.92 Å². The van der Waals surface area contributed by atoms with Crippen LogP contribution in [-0.2, 0) is 17.8 Å². The van der Waals surface area contributed by atoms with Crippen LogP contribution in [0.25, 0.3) is 0 Å². The average Bonchev–Trinajstić information content (AvgIpc) is 3.07. The first-order chi connectivity index (χ1) is 11.5. The number of amides is 2. The molecule has 2 rings (SSSR count). The maximum Gasteiger partial charge on any atom is 0.253 e. The minimum Gasteiger partial charge on any atom is -0.359 e. The Morgan fingerprint density at radius 2 is 2.00 bits per heavy atom. The summed E-state index contributed by atoms with van der Waals surface area (Å²) in [5.41, 5.74) is 1.77. The Morgan fingerprint density at radius 1 is 1.25 bits per heavy atom. The van der Waals surface area contributed by atoms with Crippen LogP contribution in [0.4, 0.5) is 5.69 Å². The number of benzene rings is 1. The highest BCUT2D eigenvalue weighted by atomic mass is 16.5. The molecule has 6 nitrogen and oxygen atoms in total. The Kier molecular flexibility index (Phi) is 6.12.